The van der Waals surface area contributed by atoms with Gasteiger partial charge in [-0.05, 0) is 38.3 Å². The van der Waals surface area contributed by atoms with Gasteiger partial charge in [0.1, 0.15) is 12.3 Å². The molecule has 0 saturated carbocycles. The molecule has 0 aromatic carbocycles. The first kappa shape index (κ1) is 18.0. The number of nitrogens with one attached hydrogen (secondary N) is 1. The average Bonchev–Trinajstić information content (AvgIpc) is 3.10. The molecule has 0 radical (unpaired) electrons. The van der Waals surface area contributed by atoms with E-state index >= 15 is 0 Å². The standard InChI is InChI=1S/C17H22N4O3S/c1-2-24-15-5-3-4-8-21(15)17-18-7-6-12(20-17)9-14-16(13(23)10-22)19-11-25-14/h6-7,9-10,15-16,19H,2-5,8,11H2,1H3/b14-9-. The van der Waals surface area contributed by atoms with Gasteiger partial charge in [0.05, 0.1) is 5.69 Å². The van der Waals surface area contributed by atoms with Crippen LogP contribution >= 0.6 is 11.8 Å². The Balaban J connectivity index is 1.82. The topological polar surface area (TPSA) is 84.4 Å². The van der Waals surface area contributed by atoms with Gasteiger partial charge in [-0.3, -0.25) is 14.9 Å². The van der Waals surface area contributed by atoms with Crippen LogP contribution in [0.3, 0.4) is 0 Å². The van der Waals surface area contributed by atoms with E-state index in [1.807, 2.05) is 13.0 Å². The number of anilines is 1. The first-order valence-electron chi connectivity index (χ1n) is 8.51. The highest BCUT2D eigenvalue weighted by Gasteiger charge is 2.28. The summed E-state index contributed by atoms with van der Waals surface area (Å²) in [6.07, 6.45) is 7.14. The van der Waals surface area contributed by atoms with Crippen LogP contribution in [0.25, 0.3) is 6.08 Å². The highest BCUT2D eigenvalue weighted by molar-refractivity contribution is 8.03. The largest absolute Gasteiger partial charge is 0.359 e. The third-order valence-electron chi connectivity index (χ3n) is 4.23. The van der Waals surface area contributed by atoms with Gasteiger partial charge in [0.15, 0.2) is 6.29 Å². The Bertz CT molecular complexity index is 665. The van der Waals surface area contributed by atoms with E-state index in [1.54, 1.807) is 12.3 Å². The molecule has 0 spiro atoms. The van der Waals surface area contributed by atoms with E-state index in [0.717, 1.165) is 36.4 Å². The highest BCUT2D eigenvalue weighted by atomic mass is 32.2. The van der Waals surface area contributed by atoms with Crippen molar-refractivity contribution in [3.63, 3.8) is 0 Å². The average molecular weight is 362 g/mol. The molecule has 2 atom stereocenters. The van der Waals surface area contributed by atoms with Gasteiger partial charge in [0, 0.05) is 30.1 Å². The smallest absolute Gasteiger partial charge is 0.227 e. The van der Waals surface area contributed by atoms with Gasteiger partial charge >= 0.3 is 0 Å². The molecule has 2 saturated heterocycles. The number of thioether (sulfide) groups is 1. The normalized spacial score (nSPS) is 25.3. The zero-order valence-corrected chi connectivity index (χ0v) is 15.0. The van der Waals surface area contributed by atoms with Gasteiger partial charge in [-0.2, -0.15) is 0 Å². The fourth-order valence-corrected chi connectivity index (χ4v) is 4.03. The molecular formula is C17H22N4O3S. The predicted octanol–water partition coefficient (Wildman–Crippen LogP) is 1.60. The molecule has 2 aliphatic heterocycles. The third-order valence-corrected chi connectivity index (χ3v) is 5.23. The van der Waals surface area contributed by atoms with E-state index in [2.05, 4.69) is 20.2 Å². The minimum atomic E-state index is -0.563. The van der Waals surface area contributed by atoms with E-state index in [0.29, 0.717) is 24.7 Å². The van der Waals surface area contributed by atoms with Gasteiger partial charge < -0.3 is 9.64 Å². The second kappa shape index (κ2) is 8.55. The molecule has 2 unspecified atom stereocenters. The first-order chi connectivity index (χ1) is 12.2. The molecular weight excluding hydrogens is 340 g/mol. The van der Waals surface area contributed by atoms with Crippen LogP contribution in [0.5, 0.6) is 0 Å². The summed E-state index contributed by atoms with van der Waals surface area (Å²) in [5.41, 5.74) is 0.723. The lowest BCUT2D eigenvalue weighted by Crippen LogP contribution is -2.42. The second-order valence-corrected chi connectivity index (χ2v) is 6.92. The Labute approximate surface area is 151 Å². The van der Waals surface area contributed by atoms with Crippen LogP contribution in [0.2, 0.25) is 0 Å². The van der Waals surface area contributed by atoms with Crippen molar-refractivity contribution in [1.29, 1.82) is 0 Å². The van der Waals surface area contributed by atoms with E-state index < -0.39 is 11.8 Å². The van der Waals surface area contributed by atoms with Gasteiger partial charge in [-0.1, -0.05) is 0 Å². The van der Waals surface area contributed by atoms with Crippen LogP contribution in [0.15, 0.2) is 17.2 Å². The van der Waals surface area contributed by atoms with Crippen LogP contribution < -0.4 is 10.2 Å². The fourth-order valence-electron chi connectivity index (χ4n) is 3.05. The number of aromatic nitrogens is 2. The van der Waals surface area contributed by atoms with Gasteiger partial charge in [0.2, 0.25) is 11.7 Å². The van der Waals surface area contributed by atoms with Crippen molar-refractivity contribution in [2.75, 3.05) is 23.9 Å². The Kier molecular flexibility index (Phi) is 6.17. The number of nitrogens with zero attached hydrogens (tertiary/aromatic N) is 3. The first-order valence-corrected chi connectivity index (χ1v) is 9.49. The molecule has 0 amide bonds. The van der Waals surface area contributed by atoms with Crippen LogP contribution in [-0.4, -0.2) is 53.3 Å². The molecule has 3 heterocycles. The molecule has 1 aromatic rings. The quantitative estimate of drug-likeness (QED) is 0.603. The molecule has 1 aromatic heterocycles. The SMILES string of the molecule is CCOC1CCCCN1c1nccc(/C=C2\SCNC2C(=O)C=O)n1. The Hall–Kier alpha value is -1.77. The van der Waals surface area contributed by atoms with Crippen LogP contribution in [0.1, 0.15) is 31.9 Å². The lowest BCUT2D eigenvalue weighted by molar-refractivity contribution is -0.130. The zero-order valence-electron chi connectivity index (χ0n) is 14.2. The van der Waals surface area contributed by atoms with Crippen LogP contribution in [-0.2, 0) is 14.3 Å². The van der Waals surface area contributed by atoms with Gasteiger partial charge in [0.25, 0.3) is 0 Å². The van der Waals surface area contributed by atoms with Crippen molar-refractivity contribution in [3.05, 3.63) is 22.9 Å². The van der Waals surface area contributed by atoms with E-state index in [1.165, 1.54) is 11.8 Å². The predicted molar refractivity (Wildman–Crippen MR) is 97.1 cm³/mol. The molecule has 0 bridgehead atoms. The minimum Gasteiger partial charge on any atom is -0.359 e. The Morgan fingerprint density at radius 3 is 3.20 bits per heavy atom. The molecule has 134 valence electrons. The van der Waals surface area contributed by atoms with Crippen molar-refractivity contribution in [1.82, 2.24) is 15.3 Å². The molecule has 7 nitrogen and oxygen atoms in total. The monoisotopic (exact) mass is 362 g/mol. The van der Waals surface area contributed by atoms with E-state index in [-0.39, 0.29) is 6.23 Å². The number of rotatable bonds is 6. The number of Topliss-reactive ketones (excluding diaryl/α,β-unsaturated/α-hetero) is 1. The summed E-state index contributed by atoms with van der Waals surface area (Å²) in [7, 11) is 0. The van der Waals surface area contributed by atoms with Crippen molar-refractivity contribution < 1.29 is 14.3 Å². The highest BCUT2D eigenvalue weighted by Crippen LogP contribution is 2.28. The summed E-state index contributed by atoms with van der Waals surface area (Å²) in [6, 6.07) is 1.24. The summed E-state index contributed by atoms with van der Waals surface area (Å²) in [5, 5.41) is 3.02. The summed E-state index contributed by atoms with van der Waals surface area (Å²) in [4.78, 5) is 34.4. The summed E-state index contributed by atoms with van der Waals surface area (Å²) >= 11 is 1.51. The van der Waals surface area contributed by atoms with Crippen LogP contribution in [0, 0.1) is 0 Å². The number of carbonyl (C=O) groups excluding carboxylic acids is 2. The van der Waals surface area contributed by atoms with E-state index in [9.17, 15) is 9.59 Å². The van der Waals surface area contributed by atoms with Crippen molar-refractivity contribution >= 4 is 35.9 Å². The lowest BCUT2D eigenvalue weighted by Gasteiger charge is -2.35. The number of ketones is 1. The Morgan fingerprint density at radius 2 is 2.40 bits per heavy atom. The molecule has 2 fully saturated rings. The Morgan fingerprint density at radius 1 is 1.52 bits per heavy atom. The maximum Gasteiger partial charge on any atom is 0.227 e. The van der Waals surface area contributed by atoms with E-state index in [4.69, 9.17) is 4.74 Å². The number of hydrogen-bond acceptors (Lipinski definition) is 8. The molecule has 2 aliphatic rings. The van der Waals surface area contributed by atoms with Crippen LogP contribution in [0.4, 0.5) is 5.95 Å². The minimum absolute atomic E-state index is 0.00793. The van der Waals surface area contributed by atoms with Crippen molar-refractivity contribution in [3.8, 4) is 0 Å². The molecule has 1 N–H and O–H groups in total. The second-order valence-electron chi connectivity index (χ2n) is 5.87. The number of ether oxygens (including phenoxy) is 1. The number of aldehydes is 1. The third kappa shape index (κ3) is 4.26. The molecule has 8 heteroatoms. The van der Waals surface area contributed by atoms with Gasteiger partial charge in [-0.15, -0.1) is 11.8 Å². The fraction of sp³-hybridized carbons (Fsp3) is 0.529. The zero-order chi connectivity index (χ0) is 17.6. The maximum absolute atomic E-state index is 11.7. The lowest BCUT2D eigenvalue weighted by atomic mass is 10.1. The molecule has 3 rings (SSSR count). The number of piperidine rings is 1. The van der Waals surface area contributed by atoms with Gasteiger partial charge in [-0.25, -0.2) is 9.97 Å². The van der Waals surface area contributed by atoms with Crippen molar-refractivity contribution in [2.24, 2.45) is 0 Å². The number of hydrogen-bond donors (Lipinski definition) is 1. The summed E-state index contributed by atoms with van der Waals surface area (Å²) in [5.74, 6) is 0.784. The summed E-state index contributed by atoms with van der Waals surface area (Å²) in [6.45, 7) is 3.51. The molecule has 0 aliphatic carbocycles. The molecule has 25 heavy (non-hydrogen) atoms. The maximum atomic E-state index is 11.7. The van der Waals surface area contributed by atoms with Crippen molar-refractivity contribution in [2.45, 2.75) is 38.5 Å². The summed E-state index contributed by atoms with van der Waals surface area (Å²) < 4.78 is 5.82. The number of carbonyl (C=O) groups is 2.